The van der Waals surface area contributed by atoms with Crippen LogP contribution in [0, 0.1) is 11.7 Å². The maximum absolute atomic E-state index is 14.0. The van der Waals surface area contributed by atoms with E-state index in [9.17, 15) is 17.6 Å². The number of rotatable bonds is 6. The van der Waals surface area contributed by atoms with Gasteiger partial charge < -0.3 is 10.3 Å². The summed E-state index contributed by atoms with van der Waals surface area (Å²) in [7, 11) is -3.55. The number of hydrogen-bond donors (Lipinski definition) is 2. The molecule has 0 aliphatic carbocycles. The highest BCUT2D eigenvalue weighted by atomic mass is 32.2. The van der Waals surface area contributed by atoms with Crippen LogP contribution in [0.2, 0.25) is 0 Å². The molecule has 1 amide bonds. The van der Waals surface area contributed by atoms with Crippen molar-refractivity contribution in [2.45, 2.75) is 24.2 Å². The standard InChI is InChI=1S/C26H25FN4O3S/c27-22-9-5-4-6-19(22)16-25-29-23-11-10-20(17-24(23)30-25)28-26(32)18-12-14-31(15-13-18)35(33,34)21-7-2-1-3-8-21/h1-11,17-18H,12-16H2,(H,28,32)(H,29,30). The van der Waals surface area contributed by atoms with E-state index in [1.165, 1.54) is 10.4 Å². The zero-order chi connectivity index (χ0) is 24.4. The summed E-state index contributed by atoms with van der Waals surface area (Å²) in [5, 5.41) is 2.94. The first-order chi connectivity index (χ1) is 16.9. The number of fused-ring (bicyclic) bond motifs is 1. The molecule has 2 heterocycles. The highest BCUT2D eigenvalue weighted by Crippen LogP contribution is 2.26. The first-order valence-corrected chi connectivity index (χ1v) is 12.9. The number of benzene rings is 3. The fourth-order valence-corrected chi connectivity index (χ4v) is 5.88. The fourth-order valence-electron chi connectivity index (χ4n) is 4.39. The molecule has 1 saturated heterocycles. The molecule has 0 radical (unpaired) electrons. The van der Waals surface area contributed by atoms with Crippen LogP contribution in [0.25, 0.3) is 11.0 Å². The molecular weight excluding hydrogens is 467 g/mol. The van der Waals surface area contributed by atoms with E-state index in [2.05, 4.69) is 15.3 Å². The molecule has 0 unspecified atom stereocenters. The smallest absolute Gasteiger partial charge is 0.243 e. The number of carbonyl (C=O) groups is 1. The molecule has 9 heteroatoms. The Morgan fingerprint density at radius 1 is 1.03 bits per heavy atom. The summed E-state index contributed by atoms with van der Waals surface area (Å²) >= 11 is 0. The maximum atomic E-state index is 14.0. The third kappa shape index (κ3) is 4.96. The molecule has 0 spiro atoms. The molecule has 35 heavy (non-hydrogen) atoms. The van der Waals surface area contributed by atoms with Crippen LogP contribution >= 0.6 is 0 Å². The Bertz CT molecular complexity index is 1460. The fraction of sp³-hybridized carbons (Fsp3) is 0.231. The van der Waals surface area contributed by atoms with Gasteiger partial charge >= 0.3 is 0 Å². The van der Waals surface area contributed by atoms with Crippen LogP contribution in [0.5, 0.6) is 0 Å². The number of aromatic amines is 1. The van der Waals surface area contributed by atoms with E-state index in [-0.39, 0.29) is 22.5 Å². The molecule has 0 bridgehead atoms. The highest BCUT2D eigenvalue weighted by Gasteiger charge is 2.32. The lowest BCUT2D eigenvalue weighted by molar-refractivity contribution is -0.120. The number of hydrogen-bond acceptors (Lipinski definition) is 4. The van der Waals surface area contributed by atoms with E-state index in [1.54, 1.807) is 66.7 Å². The average molecular weight is 493 g/mol. The molecule has 0 saturated carbocycles. The SMILES string of the molecule is O=C(Nc1ccc2nc(Cc3ccccc3F)[nH]c2c1)C1CCN(S(=O)(=O)c2ccccc2)CC1. The number of carbonyl (C=O) groups excluding carboxylic acids is 1. The molecular formula is C26H25FN4O3S. The Kier molecular flexibility index (Phi) is 6.36. The van der Waals surface area contributed by atoms with Gasteiger partial charge in [-0.15, -0.1) is 0 Å². The van der Waals surface area contributed by atoms with Gasteiger partial charge in [0.2, 0.25) is 15.9 Å². The first kappa shape index (κ1) is 23.2. The summed E-state index contributed by atoms with van der Waals surface area (Å²) in [4.78, 5) is 20.9. The number of H-pyrrole nitrogens is 1. The van der Waals surface area contributed by atoms with Gasteiger partial charge in [0.25, 0.3) is 0 Å². The van der Waals surface area contributed by atoms with Crippen molar-refractivity contribution in [3.05, 3.63) is 90.0 Å². The zero-order valence-electron chi connectivity index (χ0n) is 18.9. The van der Waals surface area contributed by atoms with E-state index >= 15 is 0 Å². The molecule has 4 aromatic rings. The summed E-state index contributed by atoms with van der Waals surface area (Å²) in [6.45, 7) is 0.600. The van der Waals surface area contributed by atoms with Crippen molar-refractivity contribution in [1.29, 1.82) is 0 Å². The van der Waals surface area contributed by atoms with Gasteiger partial charge in [0.05, 0.1) is 15.9 Å². The van der Waals surface area contributed by atoms with Crippen LogP contribution in [0.4, 0.5) is 10.1 Å². The number of halogens is 1. The molecule has 180 valence electrons. The van der Waals surface area contributed by atoms with Crippen molar-refractivity contribution < 1.29 is 17.6 Å². The third-order valence-corrected chi connectivity index (χ3v) is 8.23. The van der Waals surface area contributed by atoms with Crippen LogP contribution in [0.1, 0.15) is 24.2 Å². The molecule has 5 rings (SSSR count). The number of aromatic nitrogens is 2. The summed E-state index contributed by atoms with van der Waals surface area (Å²) in [5.41, 5.74) is 2.66. The van der Waals surface area contributed by atoms with Crippen LogP contribution in [-0.4, -0.2) is 41.7 Å². The van der Waals surface area contributed by atoms with Crippen molar-refractivity contribution in [2.24, 2.45) is 5.92 Å². The largest absolute Gasteiger partial charge is 0.342 e. The minimum Gasteiger partial charge on any atom is -0.342 e. The van der Waals surface area contributed by atoms with Gasteiger partial charge in [-0.1, -0.05) is 36.4 Å². The third-order valence-electron chi connectivity index (χ3n) is 6.32. The Morgan fingerprint density at radius 3 is 2.49 bits per heavy atom. The van der Waals surface area contributed by atoms with Gasteiger partial charge in [0.1, 0.15) is 11.6 Å². The molecule has 3 aromatic carbocycles. The molecule has 7 nitrogen and oxygen atoms in total. The highest BCUT2D eigenvalue weighted by molar-refractivity contribution is 7.89. The van der Waals surface area contributed by atoms with Crippen molar-refractivity contribution in [1.82, 2.24) is 14.3 Å². The zero-order valence-corrected chi connectivity index (χ0v) is 19.8. The lowest BCUT2D eigenvalue weighted by Crippen LogP contribution is -2.41. The second kappa shape index (κ2) is 9.59. The number of amides is 1. The van der Waals surface area contributed by atoms with E-state index in [0.29, 0.717) is 49.4 Å². The molecule has 1 aromatic heterocycles. The molecule has 1 aliphatic rings. The van der Waals surface area contributed by atoms with E-state index in [4.69, 9.17) is 0 Å². The van der Waals surface area contributed by atoms with Crippen LogP contribution in [-0.2, 0) is 21.2 Å². The molecule has 1 aliphatic heterocycles. The van der Waals surface area contributed by atoms with Gasteiger partial charge in [0, 0.05) is 31.1 Å². The summed E-state index contributed by atoms with van der Waals surface area (Å²) in [6.07, 6.45) is 1.25. The van der Waals surface area contributed by atoms with Crippen molar-refractivity contribution >= 4 is 32.7 Å². The summed E-state index contributed by atoms with van der Waals surface area (Å²) < 4.78 is 41.0. The summed E-state index contributed by atoms with van der Waals surface area (Å²) in [5.74, 6) is -0.0393. The maximum Gasteiger partial charge on any atom is 0.243 e. The number of nitrogens with zero attached hydrogens (tertiary/aromatic N) is 2. The van der Waals surface area contributed by atoms with E-state index < -0.39 is 10.0 Å². The van der Waals surface area contributed by atoms with Gasteiger partial charge in [-0.05, 0) is 54.8 Å². The van der Waals surface area contributed by atoms with Gasteiger partial charge in [-0.25, -0.2) is 17.8 Å². The van der Waals surface area contributed by atoms with Crippen LogP contribution in [0.3, 0.4) is 0 Å². The Balaban J connectivity index is 1.22. The number of nitrogens with one attached hydrogen (secondary N) is 2. The second-order valence-electron chi connectivity index (χ2n) is 8.66. The first-order valence-electron chi connectivity index (χ1n) is 11.5. The predicted octanol–water partition coefficient (Wildman–Crippen LogP) is 4.33. The molecule has 1 fully saturated rings. The van der Waals surface area contributed by atoms with Crippen LogP contribution in [0.15, 0.2) is 77.7 Å². The number of imidazole rings is 1. The topological polar surface area (TPSA) is 95.2 Å². The van der Waals surface area contributed by atoms with Crippen molar-refractivity contribution in [2.75, 3.05) is 18.4 Å². The van der Waals surface area contributed by atoms with Gasteiger partial charge in [-0.3, -0.25) is 4.79 Å². The van der Waals surface area contributed by atoms with E-state index in [0.717, 1.165) is 11.0 Å². The summed E-state index contributed by atoms with van der Waals surface area (Å²) in [6, 6.07) is 20.3. The minimum atomic E-state index is -3.55. The Morgan fingerprint density at radius 2 is 1.74 bits per heavy atom. The van der Waals surface area contributed by atoms with E-state index in [1.807, 2.05) is 0 Å². The van der Waals surface area contributed by atoms with Crippen molar-refractivity contribution in [3.63, 3.8) is 0 Å². The lowest BCUT2D eigenvalue weighted by atomic mass is 9.97. The Hall–Kier alpha value is -3.56. The number of piperidine rings is 1. The predicted molar refractivity (Wildman–Crippen MR) is 132 cm³/mol. The second-order valence-corrected chi connectivity index (χ2v) is 10.6. The number of anilines is 1. The average Bonchev–Trinajstić information content (AvgIpc) is 3.27. The Labute approximate surface area is 203 Å². The minimum absolute atomic E-state index is 0.132. The molecule has 2 N–H and O–H groups in total. The van der Waals surface area contributed by atoms with Gasteiger partial charge in [-0.2, -0.15) is 4.31 Å². The van der Waals surface area contributed by atoms with Gasteiger partial charge in [0.15, 0.2) is 0 Å². The molecule has 0 atom stereocenters. The van der Waals surface area contributed by atoms with Crippen LogP contribution < -0.4 is 5.32 Å². The normalized spacial score (nSPS) is 15.3. The van der Waals surface area contributed by atoms with Crippen molar-refractivity contribution in [3.8, 4) is 0 Å². The lowest BCUT2D eigenvalue weighted by Gasteiger charge is -2.30. The monoisotopic (exact) mass is 492 g/mol. The number of sulfonamides is 1. The quantitative estimate of drug-likeness (QED) is 0.419.